The van der Waals surface area contributed by atoms with Gasteiger partial charge >= 0.3 is 6.18 Å². The standard InChI is InChI=1S/C15H9F3S/c16-15(17,18)13-9-6-11(7-10-13)5-8-12-3-1-2-4-14(12)19/h1-4,6-7,9-10,19H. The van der Waals surface area contributed by atoms with Gasteiger partial charge in [-0.15, -0.1) is 12.6 Å². The summed E-state index contributed by atoms with van der Waals surface area (Å²) >= 11 is 4.25. The maximum absolute atomic E-state index is 12.4. The van der Waals surface area contributed by atoms with Crippen molar-refractivity contribution in [2.75, 3.05) is 0 Å². The minimum absolute atomic E-state index is 0.532. The van der Waals surface area contributed by atoms with Crippen LogP contribution in [-0.2, 0) is 6.18 Å². The van der Waals surface area contributed by atoms with E-state index in [1.807, 2.05) is 12.1 Å². The van der Waals surface area contributed by atoms with Gasteiger partial charge in [-0.25, -0.2) is 0 Å². The molecule has 0 heterocycles. The van der Waals surface area contributed by atoms with E-state index in [9.17, 15) is 13.2 Å². The average Bonchev–Trinajstić information content (AvgIpc) is 2.37. The van der Waals surface area contributed by atoms with E-state index in [2.05, 4.69) is 24.5 Å². The Bertz CT molecular complexity index is 631. The Morgan fingerprint density at radius 1 is 0.842 bits per heavy atom. The molecule has 0 atom stereocenters. The van der Waals surface area contributed by atoms with Crippen molar-refractivity contribution in [2.45, 2.75) is 11.1 Å². The summed E-state index contributed by atoms with van der Waals surface area (Å²) in [5.41, 5.74) is 0.600. The molecular formula is C15H9F3S. The summed E-state index contributed by atoms with van der Waals surface area (Å²) in [7, 11) is 0. The molecule has 0 aliphatic rings. The molecule has 2 rings (SSSR count). The van der Waals surface area contributed by atoms with E-state index < -0.39 is 11.7 Å². The number of hydrogen-bond acceptors (Lipinski definition) is 1. The lowest BCUT2D eigenvalue weighted by Gasteiger charge is -2.05. The number of thiol groups is 1. The Labute approximate surface area is 114 Å². The highest BCUT2D eigenvalue weighted by Crippen LogP contribution is 2.28. The molecule has 0 fully saturated rings. The summed E-state index contributed by atoms with van der Waals surface area (Å²) in [5, 5.41) is 0. The molecule has 4 heteroatoms. The summed E-state index contributed by atoms with van der Waals surface area (Å²) in [6, 6.07) is 12.0. The van der Waals surface area contributed by atoms with Crippen LogP contribution in [0.15, 0.2) is 53.4 Å². The third kappa shape index (κ3) is 3.55. The van der Waals surface area contributed by atoms with Crippen LogP contribution in [-0.4, -0.2) is 0 Å². The van der Waals surface area contributed by atoms with Crippen LogP contribution in [0.1, 0.15) is 16.7 Å². The summed E-state index contributed by atoms with van der Waals surface area (Å²) in [5.74, 6) is 5.69. The van der Waals surface area contributed by atoms with Crippen molar-refractivity contribution in [3.05, 3.63) is 65.2 Å². The first-order valence-corrected chi connectivity index (χ1v) is 5.89. The predicted molar refractivity (Wildman–Crippen MR) is 71.1 cm³/mol. The number of benzene rings is 2. The van der Waals surface area contributed by atoms with Crippen molar-refractivity contribution in [3.63, 3.8) is 0 Å². The summed E-state index contributed by atoms with van der Waals surface area (Å²) in [4.78, 5) is 0.738. The zero-order valence-corrected chi connectivity index (χ0v) is 10.6. The Kier molecular flexibility index (Phi) is 3.87. The molecule has 2 aromatic carbocycles. The van der Waals surface area contributed by atoms with Gasteiger partial charge in [0.15, 0.2) is 0 Å². The Morgan fingerprint density at radius 3 is 2.05 bits per heavy atom. The van der Waals surface area contributed by atoms with Crippen LogP contribution in [0, 0.1) is 11.8 Å². The molecule has 0 aliphatic heterocycles. The van der Waals surface area contributed by atoms with Gasteiger partial charge in [0.1, 0.15) is 0 Å². The lowest BCUT2D eigenvalue weighted by molar-refractivity contribution is -0.137. The van der Waals surface area contributed by atoms with Crippen molar-refractivity contribution in [2.24, 2.45) is 0 Å². The van der Waals surface area contributed by atoms with Crippen LogP contribution >= 0.6 is 12.6 Å². The molecule has 0 saturated heterocycles. The highest BCUT2D eigenvalue weighted by Gasteiger charge is 2.29. The Balaban J connectivity index is 2.24. The molecule has 0 N–H and O–H groups in total. The molecule has 0 bridgehead atoms. The minimum atomic E-state index is -4.32. The molecule has 0 saturated carbocycles. The Morgan fingerprint density at radius 2 is 1.47 bits per heavy atom. The summed E-state index contributed by atoms with van der Waals surface area (Å²) in [6.45, 7) is 0. The summed E-state index contributed by atoms with van der Waals surface area (Å²) in [6.07, 6.45) is -4.32. The fourth-order valence-electron chi connectivity index (χ4n) is 1.46. The average molecular weight is 278 g/mol. The van der Waals surface area contributed by atoms with Crippen molar-refractivity contribution >= 4 is 12.6 Å². The third-order valence-electron chi connectivity index (χ3n) is 2.46. The maximum Gasteiger partial charge on any atom is 0.416 e. The van der Waals surface area contributed by atoms with E-state index >= 15 is 0 Å². The molecule has 96 valence electrons. The lowest BCUT2D eigenvalue weighted by Crippen LogP contribution is -2.04. The fourth-order valence-corrected chi connectivity index (χ4v) is 1.68. The zero-order valence-electron chi connectivity index (χ0n) is 9.70. The monoisotopic (exact) mass is 278 g/mol. The largest absolute Gasteiger partial charge is 0.416 e. The number of rotatable bonds is 0. The van der Waals surface area contributed by atoms with E-state index in [0.29, 0.717) is 5.56 Å². The van der Waals surface area contributed by atoms with Crippen molar-refractivity contribution < 1.29 is 13.2 Å². The normalized spacial score (nSPS) is 10.7. The first kappa shape index (κ1) is 13.6. The predicted octanol–water partition coefficient (Wildman–Crippen LogP) is 4.39. The van der Waals surface area contributed by atoms with Gasteiger partial charge in [0.25, 0.3) is 0 Å². The molecule has 0 spiro atoms. The molecule has 2 aromatic rings. The van der Waals surface area contributed by atoms with Crippen molar-refractivity contribution in [1.82, 2.24) is 0 Å². The second-order valence-corrected chi connectivity index (χ2v) is 4.32. The molecule has 0 amide bonds. The van der Waals surface area contributed by atoms with Crippen LogP contribution in [0.4, 0.5) is 13.2 Å². The molecular weight excluding hydrogens is 269 g/mol. The number of alkyl halides is 3. The van der Waals surface area contributed by atoms with Crippen LogP contribution in [0.3, 0.4) is 0 Å². The van der Waals surface area contributed by atoms with Gasteiger partial charge in [-0.3, -0.25) is 0 Å². The number of hydrogen-bond donors (Lipinski definition) is 1. The molecule has 0 aliphatic carbocycles. The second-order valence-electron chi connectivity index (χ2n) is 3.84. The topological polar surface area (TPSA) is 0 Å². The molecule has 0 nitrogen and oxygen atoms in total. The van der Waals surface area contributed by atoms with Crippen molar-refractivity contribution in [3.8, 4) is 11.8 Å². The first-order valence-electron chi connectivity index (χ1n) is 5.44. The third-order valence-corrected chi connectivity index (χ3v) is 2.85. The van der Waals surface area contributed by atoms with Gasteiger partial charge in [-0.2, -0.15) is 13.2 Å². The lowest BCUT2D eigenvalue weighted by atomic mass is 10.1. The molecule has 0 aromatic heterocycles. The molecule has 19 heavy (non-hydrogen) atoms. The molecule has 0 radical (unpaired) electrons. The van der Waals surface area contributed by atoms with Crippen molar-refractivity contribution in [1.29, 1.82) is 0 Å². The number of halogens is 3. The van der Waals surface area contributed by atoms with Crippen LogP contribution in [0.5, 0.6) is 0 Å². The van der Waals surface area contributed by atoms with E-state index in [4.69, 9.17) is 0 Å². The quantitative estimate of drug-likeness (QED) is 0.536. The van der Waals surface area contributed by atoms with Crippen LogP contribution < -0.4 is 0 Å². The van der Waals surface area contributed by atoms with Gasteiger partial charge in [0, 0.05) is 16.0 Å². The van der Waals surface area contributed by atoms with Gasteiger partial charge in [-0.05, 0) is 36.4 Å². The van der Waals surface area contributed by atoms with Gasteiger partial charge in [0.05, 0.1) is 5.56 Å². The van der Waals surface area contributed by atoms with Crippen LogP contribution in [0.2, 0.25) is 0 Å². The van der Waals surface area contributed by atoms with E-state index in [1.165, 1.54) is 12.1 Å². The Hall–Kier alpha value is -1.86. The van der Waals surface area contributed by atoms with Gasteiger partial charge in [0.2, 0.25) is 0 Å². The maximum atomic E-state index is 12.4. The van der Waals surface area contributed by atoms with E-state index in [0.717, 1.165) is 22.6 Å². The van der Waals surface area contributed by atoms with Gasteiger partial charge in [-0.1, -0.05) is 24.0 Å². The zero-order chi connectivity index (χ0) is 13.9. The SMILES string of the molecule is FC(F)(F)c1ccc(C#Cc2ccccc2S)cc1. The fraction of sp³-hybridized carbons (Fsp3) is 0.0667. The second kappa shape index (κ2) is 5.41. The van der Waals surface area contributed by atoms with Crippen LogP contribution in [0.25, 0.3) is 0 Å². The van der Waals surface area contributed by atoms with Gasteiger partial charge < -0.3 is 0 Å². The molecule has 0 unspecified atom stereocenters. The highest BCUT2D eigenvalue weighted by molar-refractivity contribution is 7.80. The minimum Gasteiger partial charge on any atom is -0.166 e. The first-order chi connectivity index (χ1) is 8.97. The van der Waals surface area contributed by atoms with E-state index in [-0.39, 0.29) is 0 Å². The van der Waals surface area contributed by atoms with E-state index in [1.54, 1.807) is 12.1 Å². The smallest absolute Gasteiger partial charge is 0.166 e. The summed E-state index contributed by atoms with van der Waals surface area (Å²) < 4.78 is 37.1. The highest BCUT2D eigenvalue weighted by atomic mass is 32.1.